The molecule has 0 aliphatic carbocycles. The molecule has 0 fully saturated rings. The molecule has 0 heterocycles. The number of halogens is 3. The first-order valence-corrected chi connectivity index (χ1v) is 6.46. The van der Waals surface area contributed by atoms with Crippen LogP contribution in [0.2, 0.25) is 5.02 Å². The second kappa shape index (κ2) is 5.59. The third-order valence-electron chi connectivity index (χ3n) is 2.42. The minimum absolute atomic E-state index is 0.0704. The quantitative estimate of drug-likeness (QED) is 0.807. The zero-order valence-electron chi connectivity index (χ0n) is 9.58. The van der Waals surface area contributed by atoms with Crippen molar-refractivity contribution in [3.8, 4) is 0 Å². The Hall–Kier alpha value is -1.59. The van der Waals surface area contributed by atoms with E-state index in [0.717, 1.165) is 6.07 Å². The molecule has 3 nitrogen and oxygen atoms in total. The summed E-state index contributed by atoms with van der Waals surface area (Å²) in [5.41, 5.74) is 6.16. The van der Waals surface area contributed by atoms with Crippen molar-refractivity contribution in [2.75, 3.05) is 11.1 Å². The Labute approximate surface area is 122 Å². The molecule has 0 unspecified atom stereocenters. The van der Waals surface area contributed by atoms with Gasteiger partial charge < -0.3 is 11.1 Å². The lowest BCUT2D eigenvalue weighted by molar-refractivity contribution is 0.102. The van der Waals surface area contributed by atoms with Gasteiger partial charge in [0.1, 0.15) is 5.82 Å². The Balaban J connectivity index is 2.25. The molecule has 0 radical (unpaired) electrons. The fourth-order valence-electron chi connectivity index (χ4n) is 1.50. The van der Waals surface area contributed by atoms with Crippen molar-refractivity contribution in [1.82, 2.24) is 0 Å². The number of hydrogen-bond donors (Lipinski definition) is 2. The second-order valence-corrected chi connectivity index (χ2v) is 5.11. The van der Waals surface area contributed by atoms with E-state index in [1.165, 1.54) is 12.1 Å². The second-order valence-electron chi connectivity index (χ2n) is 3.82. The van der Waals surface area contributed by atoms with Crippen LogP contribution in [0.4, 0.5) is 15.8 Å². The molecule has 1 amide bonds. The first-order valence-electron chi connectivity index (χ1n) is 5.29. The van der Waals surface area contributed by atoms with E-state index < -0.39 is 11.7 Å². The first kappa shape index (κ1) is 13.8. The lowest BCUT2D eigenvalue weighted by Crippen LogP contribution is -2.13. The van der Waals surface area contributed by atoms with E-state index in [4.69, 9.17) is 17.3 Å². The van der Waals surface area contributed by atoms with Crippen LogP contribution in [-0.4, -0.2) is 5.91 Å². The minimum atomic E-state index is -0.585. The zero-order valence-corrected chi connectivity index (χ0v) is 11.9. The van der Waals surface area contributed by atoms with Crippen LogP contribution in [-0.2, 0) is 0 Å². The van der Waals surface area contributed by atoms with Gasteiger partial charge in [0.25, 0.3) is 5.91 Å². The molecular formula is C13H9BrClFN2O. The summed E-state index contributed by atoms with van der Waals surface area (Å²) in [6, 6.07) is 8.79. The molecule has 0 spiro atoms. The van der Waals surface area contributed by atoms with Gasteiger partial charge in [-0.05, 0) is 52.3 Å². The molecule has 6 heteroatoms. The van der Waals surface area contributed by atoms with E-state index in [9.17, 15) is 9.18 Å². The number of nitrogen functional groups attached to an aromatic ring is 1. The third-order valence-corrected chi connectivity index (χ3v) is 3.31. The van der Waals surface area contributed by atoms with Gasteiger partial charge in [-0.25, -0.2) is 4.39 Å². The van der Waals surface area contributed by atoms with Crippen LogP contribution in [0.25, 0.3) is 0 Å². The molecule has 0 aliphatic heterocycles. The molecule has 2 aromatic carbocycles. The molecule has 0 atom stereocenters. The van der Waals surface area contributed by atoms with Gasteiger partial charge in [0.05, 0.1) is 11.3 Å². The van der Waals surface area contributed by atoms with E-state index in [0.29, 0.717) is 20.7 Å². The fraction of sp³-hybridized carbons (Fsp3) is 0. The average molecular weight is 344 g/mol. The Morgan fingerprint density at radius 3 is 2.63 bits per heavy atom. The van der Waals surface area contributed by atoms with E-state index in [1.54, 1.807) is 18.2 Å². The maximum atomic E-state index is 13.6. The maximum Gasteiger partial charge on any atom is 0.256 e. The highest BCUT2D eigenvalue weighted by atomic mass is 79.9. The van der Waals surface area contributed by atoms with E-state index in [2.05, 4.69) is 21.2 Å². The van der Waals surface area contributed by atoms with Gasteiger partial charge in [-0.3, -0.25) is 4.79 Å². The number of hydrogen-bond acceptors (Lipinski definition) is 2. The highest BCUT2D eigenvalue weighted by molar-refractivity contribution is 9.10. The molecule has 0 aliphatic rings. The van der Waals surface area contributed by atoms with Gasteiger partial charge in [0, 0.05) is 15.2 Å². The normalized spacial score (nSPS) is 10.3. The van der Waals surface area contributed by atoms with Crippen molar-refractivity contribution in [1.29, 1.82) is 0 Å². The number of benzene rings is 2. The van der Waals surface area contributed by atoms with Crippen LogP contribution in [0, 0.1) is 5.82 Å². The lowest BCUT2D eigenvalue weighted by Gasteiger charge is -2.08. The summed E-state index contributed by atoms with van der Waals surface area (Å²) in [4.78, 5) is 12.0. The van der Waals surface area contributed by atoms with Crippen molar-refractivity contribution in [2.45, 2.75) is 0 Å². The SMILES string of the molecule is Nc1ccc(NC(=O)c2ccc(Cl)cc2Br)c(F)c1. The topological polar surface area (TPSA) is 55.1 Å². The van der Waals surface area contributed by atoms with Crippen LogP contribution >= 0.6 is 27.5 Å². The summed E-state index contributed by atoms with van der Waals surface area (Å²) < 4.78 is 14.1. The third kappa shape index (κ3) is 3.24. The van der Waals surface area contributed by atoms with E-state index in [-0.39, 0.29) is 5.69 Å². The fourth-order valence-corrected chi connectivity index (χ4v) is 2.36. The summed E-state index contributed by atoms with van der Waals surface area (Å²) in [5.74, 6) is -1.02. The summed E-state index contributed by atoms with van der Waals surface area (Å²) in [6.45, 7) is 0. The Kier molecular flexibility index (Phi) is 4.07. The number of carbonyl (C=O) groups excluding carboxylic acids is 1. The predicted molar refractivity (Wildman–Crippen MR) is 77.9 cm³/mol. The predicted octanol–water partition coefficient (Wildman–Crippen LogP) is 4.08. The first-order chi connectivity index (χ1) is 8.97. The van der Waals surface area contributed by atoms with Crippen molar-refractivity contribution in [3.63, 3.8) is 0 Å². The summed E-state index contributed by atoms with van der Waals surface area (Å²) in [7, 11) is 0. The molecule has 0 bridgehead atoms. The highest BCUT2D eigenvalue weighted by Crippen LogP contribution is 2.23. The average Bonchev–Trinajstić information content (AvgIpc) is 2.32. The van der Waals surface area contributed by atoms with Crippen molar-refractivity contribution < 1.29 is 9.18 Å². The summed E-state index contributed by atoms with van der Waals surface area (Å²) in [5, 5.41) is 2.97. The Morgan fingerprint density at radius 2 is 2.00 bits per heavy atom. The number of anilines is 2. The molecule has 3 N–H and O–H groups in total. The van der Waals surface area contributed by atoms with Crippen LogP contribution < -0.4 is 11.1 Å². The summed E-state index contributed by atoms with van der Waals surface area (Å²) in [6.07, 6.45) is 0. The van der Waals surface area contributed by atoms with Crippen LogP contribution in [0.5, 0.6) is 0 Å². The van der Waals surface area contributed by atoms with Gasteiger partial charge in [-0.2, -0.15) is 0 Å². The molecule has 98 valence electrons. The molecule has 2 rings (SSSR count). The maximum absolute atomic E-state index is 13.6. The van der Waals surface area contributed by atoms with Crippen LogP contribution in [0.15, 0.2) is 40.9 Å². The Bertz CT molecular complexity index is 649. The minimum Gasteiger partial charge on any atom is -0.399 e. The molecule has 0 saturated carbocycles. The largest absolute Gasteiger partial charge is 0.399 e. The van der Waals surface area contributed by atoms with Crippen molar-refractivity contribution >= 4 is 44.8 Å². The van der Waals surface area contributed by atoms with Gasteiger partial charge in [0.15, 0.2) is 0 Å². The van der Waals surface area contributed by atoms with Crippen molar-refractivity contribution in [3.05, 3.63) is 57.3 Å². The highest BCUT2D eigenvalue weighted by Gasteiger charge is 2.12. The number of nitrogens with one attached hydrogen (secondary N) is 1. The van der Waals surface area contributed by atoms with Crippen LogP contribution in [0.3, 0.4) is 0 Å². The smallest absolute Gasteiger partial charge is 0.256 e. The van der Waals surface area contributed by atoms with E-state index >= 15 is 0 Å². The number of carbonyl (C=O) groups is 1. The molecule has 0 aromatic heterocycles. The van der Waals surface area contributed by atoms with Gasteiger partial charge >= 0.3 is 0 Å². The molecule has 19 heavy (non-hydrogen) atoms. The molecular weight excluding hydrogens is 335 g/mol. The molecule has 2 aromatic rings. The number of rotatable bonds is 2. The zero-order chi connectivity index (χ0) is 14.0. The Morgan fingerprint density at radius 1 is 1.26 bits per heavy atom. The van der Waals surface area contributed by atoms with Crippen LogP contribution in [0.1, 0.15) is 10.4 Å². The van der Waals surface area contributed by atoms with Crippen molar-refractivity contribution in [2.24, 2.45) is 0 Å². The van der Waals surface area contributed by atoms with E-state index in [1.807, 2.05) is 0 Å². The van der Waals surface area contributed by atoms with Gasteiger partial charge in [0.2, 0.25) is 0 Å². The lowest BCUT2D eigenvalue weighted by atomic mass is 10.2. The van der Waals surface area contributed by atoms with Gasteiger partial charge in [-0.1, -0.05) is 11.6 Å². The van der Waals surface area contributed by atoms with Gasteiger partial charge in [-0.15, -0.1) is 0 Å². The summed E-state index contributed by atoms with van der Waals surface area (Å²) >= 11 is 9.02. The monoisotopic (exact) mass is 342 g/mol. The number of amides is 1. The number of nitrogens with two attached hydrogens (primary N) is 1. The standard InChI is InChI=1S/C13H9BrClFN2O/c14-10-5-7(15)1-3-9(10)13(19)18-12-4-2-8(17)6-11(12)16/h1-6H,17H2,(H,18,19). The molecule has 0 saturated heterocycles.